The molecule has 4 rings (SSSR count). The highest BCUT2D eigenvalue weighted by atomic mass is 32.2. The zero-order valence-electron chi connectivity index (χ0n) is 20.6. The summed E-state index contributed by atoms with van der Waals surface area (Å²) in [6.07, 6.45) is 5.73. The molecule has 10 heteroatoms. The predicted molar refractivity (Wildman–Crippen MR) is 137 cm³/mol. The Morgan fingerprint density at radius 2 is 1.80 bits per heavy atom. The van der Waals surface area contributed by atoms with E-state index in [-0.39, 0.29) is 10.9 Å². The number of hydrogen-bond acceptors (Lipinski definition) is 5. The molecule has 1 aliphatic carbocycles. The topological polar surface area (TPSA) is 114 Å². The molecule has 8 nitrogen and oxygen atoms in total. The Labute approximate surface area is 211 Å². The normalized spacial score (nSPS) is 19.1. The van der Waals surface area contributed by atoms with Gasteiger partial charge in [-0.05, 0) is 56.5 Å². The second-order valence-electron chi connectivity index (χ2n) is 9.85. The predicted octanol–water partition coefficient (Wildman–Crippen LogP) is 2.40. The second-order valence-corrected chi connectivity index (χ2v) is 13.0. The number of hydrogen-bond donors (Lipinski definition) is 3. The van der Waals surface area contributed by atoms with Gasteiger partial charge < -0.3 is 16.0 Å². The lowest BCUT2D eigenvalue weighted by Gasteiger charge is -2.30. The van der Waals surface area contributed by atoms with Crippen molar-refractivity contribution in [2.24, 2.45) is 5.73 Å². The number of nitrogens with zero attached hydrogens (tertiary/aromatic N) is 1. The molecule has 0 saturated heterocycles. The van der Waals surface area contributed by atoms with Crippen LogP contribution in [0, 0.1) is 0 Å². The molecular formula is C25H35N4O4S2+. The van der Waals surface area contributed by atoms with Crippen molar-refractivity contribution in [3.63, 3.8) is 0 Å². The molecule has 35 heavy (non-hydrogen) atoms. The van der Waals surface area contributed by atoms with Crippen molar-refractivity contribution >= 4 is 38.2 Å². The Hall–Kier alpha value is -2.27. The van der Waals surface area contributed by atoms with Crippen molar-refractivity contribution in [2.45, 2.75) is 75.9 Å². The van der Waals surface area contributed by atoms with E-state index in [2.05, 4.69) is 19.2 Å². The van der Waals surface area contributed by atoms with Gasteiger partial charge in [-0.3, -0.25) is 9.59 Å². The minimum atomic E-state index is -3.63. The number of rotatable bonds is 7. The first-order chi connectivity index (χ1) is 16.6. The van der Waals surface area contributed by atoms with Crippen LogP contribution in [0.1, 0.15) is 77.1 Å². The van der Waals surface area contributed by atoms with Gasteiger partial charge in [0.2, 0.25) is 10.0 Å². The average molecular weight is 520 g/mol. The van der Waals surface area contributed by atoms with Gasteiger partial charge in [-0.15, -0.1) is 11.3 Å². The van der Waals surface area contributed by atoms with Gasteiger partial charge in [0, 0.05) is 25.1 Å². The fourth-order valence-corrected chi connectivity index (χ4v) is 7.82. The molecule has 1 fully saturated rings. The van der Waals surface area contributed by atoms with E-state index in [0.717, 1.165) is 62.1 Å². The van der Waals surface area contributed by atoms with E-state index in [1.165, 1.54) is 44.8 Å². The van der Waals surface area contributed by atoms with Crippen molar-refractivity contribution in [3.8, 4) is 0 Å². The molecule has 190 valence electrons. The van der Waals surface area contributed by atoms with Crippen molar-refractivity contribution in [1.82, 2.24) is 4.31 Å². The summed E-state index contributed by atoms with van der Waals surface area (Å²) in [5.41, 5.74) is 7.34. The highest BCUT2D eigenvalue weighted by Gasteiger charge is 2.31. The summed E-state index contributed by atoms with van der Waals surface area (Å²) in [5.74, 6) is -0.943. The van der Waals surface area contributed by atoms with Crippen molar-refractivity contribution < 1.29 is 22.9 Å². The fraction of sp³-hybridized carbons (Fsp3) is 0.520. The smallest absolute Gasteiger partial charge is 0.256 e. The SMILES string of the molecule is CC(C)[NH+]1CCc2c(sc(NC(=O)c3ccc(S(=O)(=O)N(C)C4CCCCC4)cc3)c2C(N)=O)C1. The van der Waals surface area contributed by atoms with Gasteiger partial charge in [0.25, 0.3) is 11.8 Å². The van der Waals surface area contributed by atoms with Gasteiger partial charge in [-0.1, -0.05) is 19.3 Å². The summed E-state index contributed by atoms with van der Waals surface area (Å²) in [6.45, 7) is 6.06. The van der Waals surface area contributed by atoms with Gasteiger partial charge in [0.15, 0.2) is 0 Å². The number of thiophene rings is 1. The number of carbonyl (C=O) groups is 2. The lowest BCUT2D eigenvalue weighted by Crippen LogP contribution is -3.14. The van der Waals surface area contributed by atoms with E-state index in [4.69, 9.17) is 5.73 Å². The molecule has 1 aromatic heterocycles. The number of nitrogens with one attached hydrogen (secondary N) is 2. The molecule has 0 spiro atoms. The Morgan fingerprint density at radius 1 is 1.14 bits per heavy atom. The molecule has 1 saturated carbocycles. The van der Waals surface area contributed by atoms with Crippen molar-refractivity contribution in [3.05, 3.63) is 45.8 Å². The van der Waals surface area contributed by atoms with Gasteiger partial charge >= 0.3 is 0 Å². The van der Waals surface area contributed by atoms with Crippen LogP contribution in [-0.2, 0) is 23.0 Å². The molecule has 2 amide bonds. The maximum atomic E-state index is 13.1. The number of carbonyl (C=O) groups excluding carboxylic acids is 2. The average Bonchev–Trinajstić information content (AvgIpc) is 3.21. The third-order valence-corrected chi connectivity index (χ3v) is 10.4. The minimum absolute atomic E-state index is 0.0160. The zero-order chi connectivity index (χ0) is 25.3. The fourth-order valence-electron chi connectivity index (χ4n) is 5.10. The van der Waals surface area contributed by atoms with Gasteiger partial charge in [0.05, 0.1) is 27.9 Å². The Morgan fingerprint density at radius 3 is 2.40 bits per heavy atom. The van der Waals surface area contributed by atoms with Crippen molar-refractivity contribution in [2.75, 3.05) is 18.9 Å². The molecule has 1 aromatic carbocycles. The molecule has 1 aliphatic heterocycles. The first kappa shape index (κ1) is 25.8. The summed E-state index contributed by atoms with van der Waals surface area (Å²) in [6, 6.07) is 6.46. The number of anilines is 1. The highest BCUT2D eigenvalue weighted by Crippen LogP contribution is 2.35. The van der Waals surface area contributed by atoms with Crippen LogP contribution in [0.15, 0.2) is 29.2 Å². The van der Waals surface area contributed by atoms with Crippen LogP contribution in [0.4, 0.5) is 5.00 Å². The molecule has 0 radical (unpaired) electrons. The van der Waals surface area contributed by atoms with Crippen LogP contribution in [-0.4, -0.2) is 50.2 Å². The largest absolute Gasteiger partial charge is 0.365 e. The summed E-state index contributed by atoms with van der Waals surface area (Å²) in [7, 11) is -2.00. The third-order valence-electron chi connectivity index (χ3n) is 7.35. The zero-order valence-corrected chi connectivity index (χ0v) is 22.2. The monoisotopic (exact) mass is 519 g/mol. The Balaban J connectivity index is 1.52. The number of quaternary nitrogens is 1. The van der Waals surface area contributed by atoms with Crippen LogP contribution < -0.4 is 16.0 Å². The van der Waals surface area contributed by atoms with Gasteiger partial charge in [0.1, 0.15) is 11.5 Å². The Kier molecular flexibility index (Phi) is 7.65. The quantitative estimate of drug-likeness (QED) is 0.521. The van der Waals surface area contributed by atoms with Crippen LogP contribution >= 0.6 is 11.3 Å². The van der Waals surface area contributed by atoms with E-state index < -0.39 is 21.8 Å². The lowest BCUT2D eigenvalue weighted by molar-refractivity contribution is -0.936. The number of fused-ring (bicyclic) bond motifs is 1. The molecule has 2 aliphatic rings. The third kappa shape index (κ3) is 5.30. The Bertz CT molecular complexity index is 1200. The van der Waals surface area contributed by atoms with Crippen LogP contribution in [0.25, 0.3) is 0 Å². The first-order valence-electron chi connectivity index (χ1n) is 12.3. The first-order valence-corrected chi connectivity index (χ1v) is 14.5. The minimum Gasteiger partial charge on any atom is -0.365 e. The van der Waals surface area contributed by atoms with Crippen LogP contribution in [0.3, 0.4) is 0 Å². The van der Waals surface area contributed by atoms with E-state index >= 15 is 0 Å². The van der Waals surface area contributed by atoms with E-state index in [1.54, 1.807) is 7.05 Å². The van der Waals surface area contributed by atoms with Gasteiger partial charge in [-0.2, -0.15) is 4.31 Å². The summed E-state index contributed by atoms with van der Waals surface area (Å²) in [5, 5.41) is 3.32. The lowest BCUT2D eigenvalue weighted by atomic mass is 9.96. The number of nitrogens with two attached hydrogens (primary N) is 1. The molecule has 0 bridgehead atoms. The van der Waals surface area contributed by atoms with Crippen LogP contribution in [0.5, 0.6) is 0 Å². The number of amides is 2. The van der Waals surface area contributed by atoms with E-state index in [0.29, 0.717) is 22.2 Å². The van der Waals surface area contributed by atoms with E-state index in [1.807, 2.05) is 0 Å². The standard InChI is InChI=1S/C25H34N4O4S2/c1-16(2)29-14-13-20-21(15-29)34-25(22(20)23(26)30)27-24(31)17-9-11-19(12-10-17)35(32,33)28(3)18-7-5-4-6-8-18/h9-12,16,18H,4-8,13-15H2,1-3H3,(H2,26,30)(H,27,31)/p+1. The number of sulfonamides is 1. The number of benzene rings is 1. The molecule has 2 heterocycles. The molecular weight excluding hydrogens is 484 g/mol. The molecule has 1 atom stereocenters. The van der Waals surface area contributed by atoms with Crippen molar-refractivity contribution in [1.29, 1.82) is 0 Å². The highest BCUT2D eigenvalue weighted by molar-refractivity contribution is 7.89. The van der Waals surface area contributed by atoms with Crippen LogP contribution in [0.2, 0.25) is 0 Å². The van der Waals surface area contributed by atoms with Gasteiger partial charge in [-0.25, -0.2) is 8.42 Å². The number of primary amides is 1. The molecule has 1 unspecified atom stereocenters. The maximum Gasteiger partial charge on any atom is 0.256 e. The second kappa shape index (κ2) is 10.4. The summed E-state index contributed by atoms with van der Waals surface area (Å²) < 4.78 is 27.6. The molecule has 4 N–H and O–H groups in total. The van der Waals surface area contributed by atoms with E-state index in [9.17, 15) is 18.0 Å². The maximum absolute atomic E-state index is 13.1. The summed E-state index contributed by atoms with van der Waals surface area (Å²) >= 11 is 1.41. The summed E-state index contributed by atoms with van der Waals surface area (Å²) in [4.78, 5) is 27.9. The molecule has 2 aromatic rings.